The Morgan fingerprint density at radius 1 is 1.00 bits per heavy atom. The molecule has 0 aliphatic heterocycles. The van der Waals surface area contributed by atoms with Crippen molar-refractivity contribution in [1.29, 1.82) is 0 Å². The van der Waals surface area contributed by atoms with Gasteiger partial charge in [0.1, 0.15) is 11.5 Å². The fourth-order valence-corrected chi connectivity index (χ4v) is 2.59. The predicted octanol–water partition coefficient (Wildman–Crippen LogP) is 5.13. The molecular weight excluding hydrogens is 298 g/mol. The number of amides is 1. The Balaban J connectivity index is 1.59. The first-order valence-electron chi connectivity index (χ1n) is 8.13. The highest BCUT2D eigenvalue weighted by molar-refractivity contribution is 5.91. The lowest BCUT2D eigenvalue weighted by molar-refractivity contribution is -0.116. The van der Waals surface area contributed by atoms with Gasteiger partial charge >= 0.3 is 0 Å². The lowest BCUT2D eigenvalue weighted by atomic mass is 10.1. The van der Waals surface area contributed by atoms with Crippen molar-refractivity contribution >= 4 is 11.6 Å². The molecule has 0 aliphatic carbocycles. The van der Waals surface area contributed by atoms with Crippen LogP contribution in [-0.4, -0.2) is 5.91 Å². The van der Waals surface area contributed by atoms with Crippen LogP contribution in [0.3, 0.4) is 0 Å². The van der Waals surface area contributed by atoms with E-state index < -0.39 is 0 Å². The van der Waals surface area contributed by atoms with Gasteiger partial charge in [0.15, 0.2) is 0 Å². The highest BCUT2D eigenvalue weighted by Crippen LogP contribution is 2.22. The van der Waals surface area contributed by atoms with Crippen LogP contribution in [-0.2, 0) is 11.2 Å². The Morgan fingerprint density at radius 2 is 1.79 bits per heavy atom. The summed E-state index contributed by atoms with van der Waals surface area (Å²) in [5, 5.41) is 2.98. The van der Waals surface area contributed by atoms with E-state index >= 15 is 0 Å². The number of benzene rings is 2. The Hall–Kier alpha value is -2.81. The van der Waals surface area contributed by atoms with E-state index in [4.69, 9.17) is 4.42 Å². The Kier molecular flexibility index (Phi) is 4.80. The summed E-state index contributed by atoms with van der Waals surface area (Å²) in [5.41, 5.74) is 4.13. The van der Waals surface area contributed by atoms with Gasteiger partial charge in [-0.1, -0.05) is 42.5 Å². The van der Waals surface area contributed by atoms with Gasteiger partial charge in [0.05, 0.1) is 0 Å². The van der Waals surface area contributed by atoms with Gasteiger partial charge in [-0.3, -0.25) is 4.79 Å². The van der Waals surface area contributed by atoms with E-state index in [1.807, 2.05) is 74.5 Å². The number of anilines is 1. The molecule has 122 valence electrons. The normalized spacial score (nSPS) is 10.6. The van der Waals surface area contributed by atoms with Crippen LogP contribution in [0, 0.1) is 13.8 Å². The zero-order valence-corrected chi connectivity index (χ0v) is 14.0. The average Bonchev–Trinajstić information content (AvgIpc) is 3.06. The summed E-state index contributed by atoms with van der Waals surface area (Å²) in [6.07, 6.45) is 0.985. The minimum absolute atomic E-state index is 0.00126. The van der Waals surface area contributed by atoms with Gasteiger partial charge in [-0.05, 0) is 43.2 Å². The second-order valence-electron chi connectivity index (χ2n) is 6.00. The van der Waals surface area contributed by atoms with Crippen molar-refractivity contribution in [3.63, 3.8) is 0 Å². The molecule has 3 rings (SSSR count). The van der Waals surface area contributed by atoms with Gasteiger partial charge in [-0.15, -0.1) is 0 Å². The molecule has 0 bridgehead atoms. The second kappa shape index (κ2) is 7.18. The number of furan rings is 1. The molecule has 1 amide bonds. The average molecular weight is 319 g/mol. The van der Waals surface area contributed by atoms with Gasteiger partial charge in [0, 0.05) is 24.1 Å². The number of rotatable bonds is 5. The summed E-state index contributed by atoms with van der Waals surface area (Å²) in [7, 11) is 0. The molecule has 3 aromatic rings. The first kappa shape index (κ1) is 16.1. The molecule has 1 aromatic heterocycles. The van der Waals surface area contributed by atoms with Gasteiger partial charge in [0.25, 0.3) is 0 Å². The van der Waals surface area contributed by atoms with Crippen LogP contribution < -0.4 is 5.32 Å². The SMILES string of the molecule is Cc1ccc(C)c(NC(=O)CCc2ccc(-c3ccccc3)o2)c1. The number of carbonyl (C=O) groups excluding carboxylic acids is 1. The number of hydrogen-bond acceptors (Lipinski definition) is 2. The van der Waals surface area contributed by atoms with Crippen molar-refractivity contribution in [3.8, 4) is 11.3 Å². The van der Waals surface area contributed by atoms with Crippen molar-refractivity contribution in [3.05, 3.63) is 77.6 Å². The van der Waals surface area contributed by atoms with Crippen molar-refractivity contribution in [1.82, 2.24) is 0 Å². The summed E-state index contributed by atoms with van der Waals surface area (Å²) >= 11 is 0. The van der Waals surface area contributed by atoms with Crippen LogP contribution in [0.25, 0.3) is 11.3 Å². The lowest BCUT2D eigenvalue weighted by Gasteiger charge is -2.09. The van der Waals surface area contributed by atoms with E-state index in [-0.39, 0.29) is 5.91 Å². The molecular formula is C21H21NO2. The zero-order valence-electron chi connectivity index (χ0n) is 14.0. The third-order valence-electron chi connectivity index (χ3n) is 3.99. The highest BCUT2D eigenvalue weighted by atomic mass is 16.3. The molecule has 2 aromatic carbocycles. The topological polar surface area (TPSA) is 42.2 Å². The summed E-state index contributed by atoms with van der Waals surface area (Å²) in [4.78, 5) is 12.2. The van der Waals surface area contributed by atoms with Gasteiger partial charge in [0.2, 0.25) is 5.91 Å². The number of nitrogens with one attached hydrogen (secondary N) is 1. The van der Waals surface area contributed by atoms with Crippen molar-refractivity contribution in [2.24, 2.45) is 0 Å². The lowest BCUT2D eigenvalue weighted by Crippen LogP contribution is -2.13. The third kappa shape index (κ3) is 3.93. The summed E-state index contributed by atoms with van der Waals surface area (Å²) < 4.78 is 5.83. The van der Waals surface area contributed by atoms with E-state index in [9.17, 15) is 4.79 Å². The molecule has 0 radical (unpaired) electrons. The van der Waals surface area contributed by atoms with Crippen molar-refractivity contribution in [2.45, 2.75) is 26.7 Å². The maximum atomic E-state index is 12.2. The predicted molar refractivity (Wildman–Crippen MR) is 97.0 cm³/mol. The van der Waals surface area contributed by atoms with E-state index in [1.54, 1.807) is 0 Å². The Morgan fingerprint density at radius 3 is 2.58 bits per heavy atom. The quantitative estimate of drug-likeness (QED) is 0.708. The molecule has 3 nitrogen and oxygen atoms in total. The van der Waals surface area contributed by atoms with Gasteiger partial charge in [-0.25, -0.2) is 0 Å². The molecule has 0 saturated heterocycles. The molecule has 0 aliphatic rings. The maximum Gasteiger partial charge on any atom is 0.224 e. The monoisotopic (exact) mass is 319 g/mol. The van der Waals surface area contributed by atoms with E-state index in [0.717, 1.165) is 33.9 Å². The highest BCUT2D eigenvalue weighted by Gasteiger charge is 2.09. The van der Waals surface area contributed by atoms with Crippen LogP contribution in [0.1, 0.15) is 23.3 Å². The minimum atomic E-state index is 0.00126. The Bertz CT molecular complexity index is 834. The number of aryl methyl sites for hydroxylation is 3. The molecule has 24 heavy (non-hydrogen) atoms. The number of carbonyl (C=O) groups is 1. The molecule has 0 unspecified atom stereocenters. The maximum absolute atomic E-state index is 12.2. The van der Waals surface area contributed by atoms with Crippen LogP contribution in [0.15, 0.2) is 65.1 Å². The van der Waals surface area contributed by atoms with E-state index in [1.165, 1.54) is 0 Å². The van der Waals surface area contributed by atoms with Crippen molar-refractivity contribution in [2.75, 3.05) is 5.32 Å². The molecule has 0 saturated carbocycles. The zero-order chi connectivity index (χ0) is 16.9. The molecule has 1 heterocycles. The standard InChI is InChI=1S/C21H21NO2/c1-15-8-9-16(2)19(14-15)22-21(23)13-11-18-10-12-20(24-18)17-6-4-3-5-7-17/h3-10,12,14H,11,13H2,1-2H3,(H,22,23). The summed E-state index contributed by atoms with van der Waals surface area (Å²) in [5.74, 6) is 1.66. The van der Waals surface area contributed by atoms with Crippen LogP contribution in [0.2, 0.25) is 0 Å². The molecule has 1 N–H and O–H groups in total. The van der Waals surface area contributed by atoms with Crippen LogP contribution in [0.5, 0.6) is 0 Å². The number of hydrogen-bond donors (Lipinski definition) is 1. The second-order valence-corrected chi connectivity index (χ2v) is 6.00. The van der Waals surface area contributed by atoms with E-state index in [2.05, 4.69) is 5.32 Å². The third-order valence-corrected chi connectivity index (χ3v) is 3.99. The molecule has 3 heteroatoms. The fraction of sp³-hybridized carbons (Fsp3) is 0.190. The Labute approximate surface area is 142 Å². The minimum Gasteiger partial charge on any atom is -0.461 e. The summed E-state index contributed by atoms with van der Waals surface area (Å²) in [6, 6.07) is 19.9. The van der Waals surface area contributed by atoms with Crippen molar-refractivity contribution < 1.29 is 9.21 Å². The fourth-order valence-electron chi connectivity index (χ4n) is 2.59. The molecule has 0 spiro atoms. The largest absolute Gasteiger partial charge is 0.461 e. The van der Waals surface area contributed by atoms with E-state index in [0.29, 0.717) is 12.8 Å². The molecule has 0 fully saturated rings. The smallest absolute Gasteiger partial charge is 0.224 e. The summed E-state index contributed by atoms with van der Waals surface area (Å²) in [6.45, 7) is 4.01. The van der Waals surface area contributed by atoms with Gasteiger partial charge in [-0.2, -0.15) is 0 Å². The van der Waals surface area contributed by atoms with Crippen LogP contribution >= 0.6 is 0 Å². The molecule has 0 atom stereocenters. The van der Waals surface area contributed by atoms with Gasteiger partial charge < -0.3 is 9.73 Å². The first-order chi connectivity index (χ1) is 11.6. The first-order valence-corrected chi connectivity index (χ1v) is 8.13. The van der Waals surface area contributed by atoms with Crippen LogP contribution in [0.4, 0.5) is 5.69 Å².